The van der Waals surface area contributed by atoms with E-state index in [1.165, 1.54) is 35.1 Å². The first-order valence-corrected chi connectivity index (χ1v) is 8.71. The van der Waals surface area contributed by atoms with E-state index in [-0.39, 0.29) is 0 Å². The summed E-state index contributed by atoms with van der Waals surface area (Å²) in [7, 11) is 0. The van der Waals surface area contributed by atoms with Crippen molar-refractivity contribution in [3.05, 3.63) is 34.4 Å². The molecule has 106 valence electrons. The molecule has 1 saturated carbocycles. The molecule has 1 heterocycles. The van der Waals surface area contributed by atoms with Gasteiger partial charge in [-0.05, 0) is 50.3 Å². The molecule has 1 aliphatic carbocycles. The predicted octanol–water partition coefficient (Wildman–Crippen LogP) is 4.33. The van der Waals surface area contributed by atoms with Crippen LogP contribution in [0.4, 0.5) is 5.13 Å². The van der Waals surface area contributed by atoms with Crippen molar-refractivity contribution in [1.82, 2.24) is 10.2 Å². The van der Waals surface area contributed by atoms with Crippen LogP contribution >= 0.6 is 23.1 Å². The SMILES string of the molecule is Cc1cc(C)c(CSc2nnc(NC3CC3)s2)c(C)c1. The van der Waals surface area contributed by atoms with Gasteiger partial charge in [-0.2, -0.15) is 0 Å². The zero-order valence-electron chi connectivity index (χ0n) is 12.1. The number of hydrogen-bond acceptors (Lipinski definition) is 5. The van der Waals surface area contributed by atoms with Gasteiger partial charge >= 0.3 is 0 Å². The maximum atomic E-state index is 4.26. The fraction of sp³-hybridized carbons (Fsp3) is 0.467. The van der Waals surface area contributed by atoms with Gasteiger partial charge in [0.15, 0.2) is 4.34 Å². The van der Waals surface area contributed by atoms with Gasteiger partial charge < -0.3 is 5.32 Å². The lowest BCUT2D eigenvalue weighted by molar-refractivity contribution is 0.994. The van der Waals surface area contributed by atoms with Crippen molar-refractivity contribution < 1.29 is 0 Å². The number of hydrogen-bond donors (Lipinski definition) is 1. The van der Waals surface area contributed by atoms with Gasteiger partial charge in [0.05, 0.1) is 0 Å². The molecule has 20 heavy (non-hydrogen) atoms. The Balaban J connectivity index is 1.65. The minimum absolute atomic E-state index is 0.641. The zero-order chi connectivity index (χ0) is 14.1. The smallest absolute Gasteiger partial charge is 0.206 e. The van der Waals surface area contributed by atoms with Gasteiger partial charge in [0.1, 0.15) is 0 Å². The lowest BCUT2D eigenvalue weighted by atomic mass is 10.0. The molecule has 0 atom stereocenters. The Kier molecular flexibility index (Phi) is 3.98. The third-order valence-electron chi connectivity index (χ3n) is 3.49. The van der Waals surface area contributed by atoms with Gasteiger partial charge in [-0.15, -0.1) is 10.2 Å². The Morgan fingerprint density at radius 2 is 1.90 bits per heavy atom. The first-order chi connectivity index (χ1) is 9.61. The van der Waals surface area contributed by atoms with Crippen molar-refractivity contribution in [2.75, 3.05) is 5.32 Å². The van der Waals surface area contributed by atoms with Crippen LogP contribution in [-0.4, -0.2) is 16.2 Å². The van der Waals surface area contributed by atoms with Crippen LogP contribution in [0.25, 0.3) is 0 Å². The van der Waals surface area contributed by atoms with E-state index < -0.39 is 0 Å². The number of benzene rings is 1. The molecule has 0 spiro atoms. The summed E-state index contributed by atoms with van der Waals surface area (Å²) in [4.78, 5) is 0. The highest BCUT2D eigenvalue weighted by Gasteiger charge is 2.22. The number of thioether (sulfide) groups is 1. The highest BCUT2D eigenvalue weighted by Crippen LogP contribution is 2.32. The van der Waals surface area contributed by atoms with Crippen molar-refractivity contribution in [2.45, 2.75) is 49.7 Å². The molecule has 0 aliphatic heterocycles. The first-order valence-electron chi connectivity index (χ1n) is 6.91. The lowest BCUT2D eigenvalue weighted by Crippen LogP contribution is -1.99. The van der Waals surface area contributed by atoms with E-state index in [1.54, 1.807) is 23.1 Å². The molecule has 5 heteroatoms. The quantitative estimate of drug-likeness (QED) is 0.834. The fourth-order valence-corrected chi connectivity index (χ4v) is 4.33. The summed E-state index contributed by atoms with van der Waals surface area (Å²) in [5.74, 6) is 0.968. The molecule has 0 unspecified atom stereocenters. The Labute approximate surface area is 128 Å². The van der Waals surface area contributed by atoms with Crippen LogP contribution < -0.4 is 5.32 Å². The number of aryl methyl sites for hydroxylation is 3. The van der Waals surface area contributed by atoms with E-state index in [2.05, 4.69) is 48.4 Å². The van der Waals surface area contributed by atoms with E-state index in [0.717, 1.165) is 15.2 Å². The molecular weight excluding hydrogens is 286 g/mol. The largest absolute Gasteiger partial charge is 0.357 e. The Morgan fingerprint density at radius 1 is 1.20 bits per heavy atom. The second-order valence-electron chi connectivity index (χ2n) is 5.46. The first kappa shape index (κ1) is 13.9. The van der Waals surface area contributed by atoms with Gasteiger partial charge in [-0.1, -0.05) is 40.8 Å². The highest BCUT2D eigenvalue weighted by atomic mass is 32.2. The standard InChI is InChI=1S/C15H19N3S2/c1-9-6-10(2)13(11(3)7-9)8-19-15-18-17-14(20-15)16-12-4-5-12/h6-7,12H,4-5,8H2,1-3H3,(H,16,17). The Morgan fingerprint density at radius 3 is 2.55 bits per heavy atom. The number of rotatable bonds is 5. The molecule has 0 saturated heterocycles. The topological polar surface area (TPSA) is 37.8 Å². The van der Waals surface area contributed by atoms with Gasteiger partial charge in [-0.3, -0.25) is 0 Å². The molecule has 0 amide bonds. The van der Waals surface area contributed by atoms with Crippen LogP contribution in [0.2, 0.25) is 0 Å². The summed E-state index contributed by atoms with van der Waals surface area (Å²) in [6.07, 6.45) is 2.54. The molecule has 3 rings (SSSR count). The average molecular weight is 305 g/mol. The maximum Gasteiger partial charge on any atom is 0.206 e. The maximum absolute atomic E-state index is 4.26. The minimum atomic E-state index is 0.641. The summed E-state index contributed by atoms with van der Waals surface area (Å²) in [5, 5.41) is 12.8. The normalized spacial score (nSPS) is 14.6. The van der Waals surface area contributed by atoms with Gasteiger partial charge in [0, 0.05) is 11.8 Å². The van der Waals surface area contributed by atoms with Crippen molar-refractivity contribution in [1.29, 1.82) is 0 Å². The predicted molar refractivity (Wildman–Crippen MR) is 86.8 cm³/mol. The van der Waals surface area contributed by atoms with E-state index in [9.17, 15) is 0 Å². The monoisotopic (exact) mass is 305 g/mol. The molecule has 3 nitrogen and oxygen atoms in total. The molecule has 1 aromatic heterocycles. The third-order valence-corrected chi connectivity index (χ3v) is 5.51. The lowest BCUT2D eigenvalue weighted by Gasteiger charge is -2.09. The molecule has 1 aliphatic rings. The van der Waals surface area contributed by atoms with Crippen molar-refractivity contribution in [2.24, 2.45) is 0 Å². The van der Waals surface area contributed by atoms with Gasteiger partial charge in [0.25, 0.3) is 0 Å². The number of nitrogens with one attached hydrogen (secondary N) is 1. The zero-order valence-corrected chi connectivity index (χ0v) is 13.7. The number of nitrogens with zero attached hydrogens (tertiary/aromatic N) is 2. The van der Waals surface area contributed by atoms with Crippen LogP contribution in [0.5, 0.6) is 0 Å². The summed E-state index contributed by atoms with van der Waals surface area (Å²) in [6, 6.07) is 5.15. The molecule has 0 bridgehead atoms. The molecule has 2 aromatic rings. The van der Waals surface area contributed by atoms with Crippen molar-refractivity contribution >= 4 is 28.2 Å². The van der Waals surface area contributed by atoms with Crippen LogP contribution in [0.15, 0.2) is 16.5 Å². The molecule has 1 aromatic carbocycles. The van der Waals surface area contributed by atoms with E-state index in [4.69, 9.17) is 0 Å². The van der Waals surface area contributed by atoms with Crippen LogP contribution in [0.3, 0.4) is 0 Å². The average Bonchev–Trinajstić information content (AvgIpc) is 3.06. The Bertz CT molecular complexity index is 594. The molecule has 1 N–H and O–H groups in total. The fourth-order valence-electron chi connectivity index (χ4n) is 2.30. The summed E-state index contributed by atoms with van der Waals surface area (Å²) < 4.78 is 1.05. The summed E-state index contributed by atoms with van der Waals surface area (Å²) in [5.41, 5.74) is 5.50. The van der Waals surface area contributed by atoms with Crippen molar-refractivity contribution in [3.8, 4) is 0 Å². The highest BCUT2D eigenvalue weighted by molar-refractivity contribution is 8.00. The van der Waals surface area contributed by atoms with E-state index in [1.807, 2.05) is 0 Å². The third kappa shape index (κ3) is 3.33. The summed E-state index contributed by atoms with van der Waals surface area (Å²) in [6.45, 7) is 6.53. The summed E-state index contributed by atoms with van der Waals surface area (Å²) >= 11 is 3.45. The number of aromatic nitrogens is 2. The Hall–Kier alpha value is -1.07. The van der Waals surface area contributed by atoms with Crippen molar-refractivity contribution in [3.63, 3.8) is 0 Å². The van der Waals surface area contributed by atoms with Crippen LogP contribution in [-0.2, 0) is 5.75 Å². The van der Waals surface area contributed by atoms with Crippen LogP contribution in [0, 0.1) is 20.8 Å². The van der Waals surface area contributed by atoms with Gasteiger partial charge in [0.2, 0.25) is 5.13 Å². The van der Waals surface area contributed by atoms with Crippen LogP contribution in [0.1, 0.15) is 35.1 Å². The molecular formula is C15H19N3S2. The second kappa shape index (κ2) is 5.74. The molecule has 0 radical (unpaired) electrons. The van der Waals surface area contributed by atoms with E-state index in [0.29, 0.717) is 6.04 Å². The second-order valence-corrected chi connectivity index (χ2v) is 7.66. The van der Waals surface area contributed by atoms with Gasteiger partial charge in [-0.25, -0.2) is 0 Å². The van der Waals surface area contributed by atoms with E-state index >= 15 is 0 Å². The number of anilines is 1. The molecule has 1 fully saturated rings. The minimum Gasteiger partial charge on any atom is -0.357 e.